The number of hydrogen-bond acceptors (Lipinski definition) is 3. The maximum Gasteiger partial charge on any atom is 0.254 e. The molecule has 24 heavy (non-hydrogen) atoms. The van der Waals surface area contributed by atoms with Crippen LogP contribution in [-0.4, -0.2) is 52.4 Å². The third-order valence-corrected chi connectivity index (χ3v) is 5.29. The zero-order valence-electron chi connectivity index (χ0n) is 13.9. The number of phenols is 1. The van der Waals surface area contributed by atoms with E-state index in [0.29, 0.717) is 24.1 Å². The van der Waals surface area contributed by atoms with Crippen molar-refractivity contribution in [1.29, 1.82) is 0 Å². The molecule has 2 aliphatic heterocycles. The summed E-state index contributed by atoms with van der Waals surface area (Å²) >= 11 is 5.96. The summed E-state index contributed by atoms with van der Waals surface area (Å²) in [7, 11) is 0. The topological polar surface area (TPSA) is 60.9 Å². The summed E-state index contributed by atoms with van der Waals surface area (Å²) in [5.41, 5.74) is 1.12. The van der Waals surface area contributed by atoms with Crippen LogP contribution in [0.25, 0.3) is 0 Å². The van der Waals surface area contributed by atoms with Crippen molar-refractivity contribution >= 4 is 23.4 Å². The first-order chi connectivity index (χ1) is 11.5. The van der Waals surface area contributed by atoms with Crippen LogP contribution < -0.4 is 0 Å². The van der Waals surface area contributed by atoms with E-state index in [1.165, 1.54) is 18.6 Å². The van der Waals surface area contributed by atoms with Gasteiger partial charge in [-0.3, -0.25) is 9.59 Å². The molecule has 1 aromatic rings. The number of likely N-dealkylation sites (tertiary alicyclic amines) is 2. The molecule has 0 aromatic heterocycles. The Morgan fingerprint density at radius 2 is 1.83 bits per heavy atom. The van der Waals surface area contributed by atoms with Crippen LogP contribution in [0.5, 0.6) is 5.75 Å². The van der Waals surface area contributed by atoms with Crippen LogP contribution in [0, 0.1) is 6.92 Å². The summed E-state index contributed by atoms with van der Waals surface area (Å²) in [6.07, 6.45) is 4.80. The van der Waals surface area contributed by atoms with Crippen LogP contribution in [0.2, 0.25) is 5.02 Å². The molecular weight excluding hydrogens is 328 g/mol. The second-order valence-electron chi connectivity index (χ2n) is 6.66. The second-order valence-corrected chi connectivity index (χ2v) is 7.07. The van der Waals surface area contributed by atoms with Gasteiger partial charge in [0.05, 0.1) is 5.02 Å². The number of carbonyl (C=O) groups excluding carboxylic acids is 2. The van der Waals surface area contributed by atoms with Gasteiger partial charge in [-0.05, 0) is 56.7 Å². The molecule has 0 bridgehead atoms. The van der Waals surface area contributed by atoms with Crippen LogP contribution in [0.4, 0.5) is 0 Å². The fraction of sp³-hybridized carbons (Fsp3) is 0.556. The molecular formula is C18H23ClN2O3. The molecule has 5 nitrogen and oxygen atoms in total. The Kier molecular flexibility index (Phi) is 4.99. The SMILES string of the molecule is Cc1cc(O)c(Cl)cc1C(=O)N1CCC[C@@H]1C(=O)N1CCCCC1. The quantitative estimate of drug-likeness (QED) is 0.892. The van der Waals surface area contributed by atoms with Gasteiger partial charge < -0.3 is 14.9 Å². The van der Waals surface area contributed by atoms with Crippen molar-refractivity contribution in [2.45, 2.75) is 45.1 Å². The minimum atomic E-state index is -0.373. The van der Waals surface area contributed by atoms with Crippen molar-refractivity contribution in [3.05, 3.63) is 28.3 Å². The highest BCUT2D eigenvalue weighted by Gasteiger charge is 2.37. The maximum atomic E-state index is 12.9. The highest BCUT2D eigenvalue weighted by Crippen LogP contribution is 2.30. The molecule has 0 unspecified atom stereocenters. The van der Waals surface area contributed by atoms with Crippen molar-refractivity contribution < 1.29 is 14.7 Å². The third-order valence-electron chi connectivity index (χ3n) is 4.99. The molecule has 0 radical (unpaired) electrons. The molecule has 130 valence electrons. The summed E-state index contributed by atoms with van der Waals surface area (Å²) in [4.78, 5) is 29.3. The minimum absolute atomic E-state index is 0.0342. The molecule has 1 atom stereocenters. The van der Waals surface area contributed by atoms with Crippen LogP contribution in [-0.2, 0) is 4.79 Å². The molecule has 2 heterocycles. The number of amides is 2. The molecule has 0 aliphatic carbocycles. The summed E-state index contributed by atoms with van der Waals surface area (Å²) < 4.78 is 0. The van der Waals surface area contributed by atoms with E-state index in [1.807, 2.05) is 4.90 Å². The van der Waals surface area contributed by atoms with Crippen molar-refractivity contribution in [2.75, 3.05) is 19.6 Å². The van der Waals surface area contributed by atoms with E-state index < -0.39 is 0 Å². The number of benzene rings is 1. The first-order valence-corrected chi connectivity index (χ1v) is 8.95. The summed E-state index contributed by atoms with van der Waals surface area (Å²) in [5.74, 6) is -0.140. The number of aryl methyl sites for hydroxylation is 1. The Morgan fingerprint density at radius 1 is 1.12 bits per heavy atom. The minimum Gasteiger partial charge on any atom is -0.506 e. The van der Waals surface area contributed by atoms with E-state index in [9.17, 15) is 14.7 Å². The van der Waals surface area contributed by atoms with Gasteiger partial charge in [-0.2, -0.15) is 0 Å². The largest absolute Gasteiger partial charge is 0.506 e. The lowest BCUT2D eigenvalue weighted by atomic mass is 10.1. The van der Waals surface area contributed by atoms with Crippen molar-refractivity contribution in [2.24, 2.45) is 0 Å². The van der Waals surface area contributed by atoms with Gasteiger partial charge in [-0.25, -0.2) is 0 Å². The van der Waals surface area contributed by atoms with Crippen LogP contribution in [0.1, 0.15) is 48.0 Å². The first kappa shape index (κ1) is 17.1. The Morgan fingerprint density at radius 3 is 2.54 bits per heavy atom. The molecule has 1 N–H and O–H groups in total. The molecule has 1 aromatic carbocycles. The molecule has 2 aliphatic rings. The maximum absolute atomic E-state index is 12.9. The predicted octanol–water partition coefficient (Wildman–Crippen LogP) is 2.97. The number of phenolic OH excluding ortho intramolecular Hbond substituents is 1. The number of piperidine rings is 1. The van der Waals surface area contributed by atoms with E-state index in [-0.39, 0.29) is 28.6 Å². The smallest absolute Gasteiger partial charge is 0.254 e. The molecule has 2 fully saturated rings. The lowest BCUT2D eigenvalue weighted by Crippen LogP contribution is -2.49. The van der Waals surface area contributed by atoms with Gasteiger partial charge in [-0.15, -0.1) is 0 Å². The Bertz CT molecular complexity index is 656. The predicted molar refractivity (Wildman–Crippen MR) is 92.3 cm³/mol. The molecule has 3 rings (SSSR count). The van der Waals surface area contributed by atoms with Crippen LogP contribution >= 0.6 is 11.6 Å². The number of hydrogen-bond donors (Lipinski definition) is 1. The van der Waals surface area contributed by atoms with Gasteiger partial charge in [0.2, 0.25) is 5.91 Å². The number of carbonyl (C=O) groups is 2. The monoisotopic (exact) mass is 350 g/mol. The lowest BCUT2D eigenvalue weighted by molar-refractivity contribution is -0.136. The third kappa shape index (κ3) is 3.22. The second kappa shape index (κ2) is 7.01. The zero-order chi connectivity index (χ0) is 17.3. The van der Waals surface area contributed by atoms with Crippen LogP contribution in [0.15, 0.2) is 12.1 Å². The standard InChI is InChI=1S/C18H23ClN2O3/c1-12-10-16(22)14(19)11-13(12)17(23)21-9-5-6-15(21)18(24)20-7-3-2-4-8-20/h10-11,15,22H,2-9H2,1H3/t15-/m1/s1. The molecule has 2 saturated heterocycles. The van der Waals surface area contributed by atoms with Gasteiger partial charge in [0, 0.05) is 25.2 Å². The van der Waals surface area contributed by atoms with E-state index in [1.54, 1.807) is 11.8 Å². The van der Waals surface area contributed by atoms with Gasteiger partial charge in [0.25, 0.3) is 5.91 Å². The Hall–Kier alpha value is -1.75. The van der Waals surface area contributed by atoms with E-state index in [4.69, 9.17) is 11.6 Å². The molecule has 2 amide bonds. The average Bonchev–Trinajstić information content (AvgIpc) is 3.07. The molecule has 6 heteroatoms. The average molecular weight is 351 g/mol. The van der Waals surface area contributed by atoms with E-state index >= 15 is 0 Å². The highest BCUT2D eigenvalue weighted by atomic mass is 35.5. The normalized spacial score (nSPS) is 21.2. The van der Waals surface area contributed by atoms with E-state index in [0.717, 1.165) is 32.4 Å². The number of nitrogens with zero attached hydrogens (tertiary/aromatic N) is 2. The zero-order valence-corrected chi connectivity index (χ0v) is 14.7. The van der Waals surface area contributed by atoms with Gasteiger partial charge >= 0.3 is 0 Å². The highest BCUT2D eigenvalue weighted by molar-refractivity contribution is 6.32. The summed E-state index contributed by atoms with van der Waals surface area (Å²) in [6.45, 7) is 3.94. The van der Waals surface area contributed by atoms with Crippen LogP contribution in [0.3, 0.4) is 0 Å². The van der Waals surface area contributed by atoms with Crippen molar-refractivity contribution in [1.82, 2.24) is 9.80 Å². The molecule has 0 spiro atoms. The number of aromatic hydroxyl groups is 1. The molecule has 0 saturated carbocycles. The van der Waals surface area contributed by atoms with Gasteiger partial charge in [0.1, 0.15) is 11.8 Å². The Labute approximate surface area is 147 Å². The van der Waals surface area contributed by atoms with Gasteiger partial charge in [0.15, 0.2) is 0 Å². The fourth-order valence-corrected chi connectivity index (χ4v) is 3.81. The van der Waals surface area contributed by atoms with E-state index in [2.05, 4.69) is 0 Å². The van der Waals surface area contributed by atoms with Crippen molar-refractivity contribution in [3.63, 3.8) is 0 Å². The first-order valence-electron chi connectivity index (χ1n) is 8.58. The number of rotatable bonds is 2. The summed E-state index contributed by atoms with van der Waals surface area (Å²) in [5, 5.41) is 9.82. The Balaban J connectivity index is 1.81. The number of halogens is 1. The summed E-state index contributed by atoms with van der Waals surface area (Å²) in [6, 6.07) is 2.62. The fourth-order valence-electron chi connectivity index (χ4n) is 3.64. The van der Waals surface area contributed by atoms with Crippen molar-refractivity contribution in [3.8, 4) is 5.75 Å². The lowest BCUT2D eigenvalue weighted by Gasteiger charge is -2.32. The van der Waals surface area contributed by atoms with Gasteiger partial charge in [-0.1, -0.05) is 11.6 Å².